The van der Waals surface area contributed by atoms with Crippen molar-refractivity contribution in [2.75, 3.05) is 24.2 Å². The van der Waals surface area contributed by atoms with E-state index < -0.39 is 15.1 Å². The van der Waals surface area contributed by atoms with Crippen LogP contribution in [0.5, 0.6) is 0 Å². The van der Waals surface area contributed by atoms with Gasteiger partial charge in [0.15, 0.2) is 9.84 Å². The van der Waals surface area contributed by atoms with Crippen LogP contribution in [-0.2, 0) is 9.84 Å². The summed E-state index contributed by atoms with van der Waals surface area (Å²) in [4.78, 5) is 10.9. The van der Waals surface area contributed by atoms with Crippen molar-refractivity contribution in [1.82, 2.24) is 15.1 Å². The first-order valence-electron chi connectivity index (χ1n) is 7.69. The molecule has 1 aliphatic rings. The molecule has 0 radical (unpaired) electrons. The topological polar surface area (TPSA) is 89.2 Å². The first-order valence-corrected chi connectivity index (χ1v) is 9.64. The minimum atomic E-state index is -3.26. The number of piperidine rings is 1. The molecule has 3 rings (SSSR count). The Bertz CT molecular complexity index is 764. The van der Waals surface area contributed by atoms with Crippen molar-refractivity contribution >= 4 is 15.7 Å². The summed E-state index contributed by atoms with van der Waals surface area (Å²) in [7, 11) is -3.26. The fraction of sp³-hybridized carbons (Fsp3) is 0.533. The number of anilines is 1. The molecule has 7 nitrogen and oxygen atoms in total. The largest absolute Gasteiger partial charge is 0.357 e. The van der Waals surface area contributed by atoms with E-state index in [0.717, 1.165) is 25.2 Å². The van der Waals surface area contributed by atoms with Crippen molar-refractivity contribution in [3.63, 3.8) is 0 Å². The van der Waals surface area contributed by atoms with Gasteiger partial charge in [0, 0.05) is 31.1 Å². The van der Waals surface area contributed by atoms with Crippen molar-refractivity contribution in [3.05, 3.63) is 24.2 Å². The average Bonchev–Trinajstić information content (AvgIpc) is 3.04. The number of rotatable bonds is 4. The van der Waals surface area contributed by atoms with Crippen molar-refractivity contribution in [3.8, 4) is 11.4 Å². The Labute approximate surface area is 135 Å². The maximum Gasteiger partial charge on any atom is 0.244 e. The van der Waals surface area contributed by atoms with Crippen LogP contribution in [0.4, 0.5) is 5.82 Å². The van der Waals surface area contributed by atoms with Crippen LogP contribution in [0.15, 0.2) is 22.9 Å². The second-order valence-electron chi connectivity index (χ2n) is 5.88. The molecule has 0 N–H and O–H groups in total. The lowest BCUT2D eigenvalue weighted by atomic mass is 10.1. The van der Waals surface area contributed by atoms with Gasteiger partial charge in [0.05, 0.1) is 0 Å². The zero-order valence-electron chi connectivity index (χ0n) is 13.3. The van der Waals surface area contributed by atoms with Crippen molar-refractivity contribution in [2.45, 2.75) is 31.4 Å². The Balaban J connectivity index is 1.78. The van der Waals surface area contributed by atoms with Gasteiger partial charge in [-0.25, -0.2) is 13.4 Å². The number of nitrogens with zero attached hydrogens (tertiary/aromatic N) is 4. The minimum absolute atomic E-state index is 0.0996. The molecule has 3 heterocycles. The lowest BCUT2D eigenvalue weighted by Crippen LogP contribution is -2.29. The Kier molecular flexibility index (Phi) is 4.34. The van der Waals surface area contributed by atoms with Gasteiger partial charge in [0.1, 0.15) is 11.1 Å². The second kappa shape index (κ2) is 6.27. The highest BCUT2D eigenvalue weighted by Crippen LogP contribution is 2.24. The van der Waals surface area contributed by atoms with Crippen LogP contribution < -0.4 is 4.90 Å². The van der Waals surface area contributed by atoms with Crippen molar-refractivity contribution in [1.29, 1.82) is 0 Å². The van der Waals surface area contributed by atoms with Crippen molar-refractivity contribution in [2.24, 2.45) is 0 Å². The maximum atomic E-state index is 11.6. The van der Waals surface area contributed by atoms with Gasteiger partial charge in [-0.15, -0.1) is 0 Å². The van der Waals surface area contributed by atoms with Crippen LogP contribution in [0.3, 0.4) is 0 Å². The molecule has 0 amide bonds. The van der Waals surface area contributed by atoms with Crippen LogP contribution in [0.25, 0.3) is 11.4 Å². The molecule has 0 bridgehead atoms. The molecular formula is C15H20N4O3S. The molecule has 1 saturated heterocycles. The number of aromatic nitrogens is 3. The Hall–Kier alpha value is -1.96. The van der Waals surface area contributed by atoms with Crippen LogP contribution in [0, 0.1) is 0 Å². The Morgan fingerprint density at radius 2 is 1.96 bits per heavy atom. The summed E-state index contributed by atoms with van der Waals surface area (Å²) < 4.78 is 28.2. The third kappa shape index (κ3) is 3.52. The molecule has 8 heteroatoms. The van der Waals surface area contributed by atoms with Gasteiger partial charge < -0.3 is 9.42 Å². The van der Waals surface area contributed by atoms with E-state index in [-0.39, 0.29) is 5.89 Å². The lowest BCUT2D eigenvalue weighted by molar-refractivity contribution is 0.377. The number of pyridine rings is 1. The normalized spacial score (nSPS) is 17.2. The smallest absolute Gasteiger partial charge is 0.244 e. The molecule has 1 atom stereocenters. The first kappa shape index (κ1) is 15.9. The predicted molar refractivity (Wildman–Crippen MR) is 86.9 cm³/mol. The third-order valence-corrected chi connectivity index (χ3v) is 5.60. The van der Waals surface area contributed by atoms with E-state index in [1.807, 2.05) is 12.1 Å². The molecule has 0 saturated carbocycles. The highest BCUT2D eigenvalue weighted by Gasteiger charge is 2.24. The van der Waals surface area contributed by atoms with E-state index in [1.54, 1.807) is 6.20 Å². The van der Waals surface area contributed by atoms with Crippen molar-refractivity contribution < 1.29 is 12.9 Å². The zero-order chi connectivity index (χ0) is 16.4. The Morgan fingerprint density at radius 1 is 1.22 bits per heavy atom. The van der Waals surface area contributed by atoms with E-state index in [4.69, 9.17) is 4.52 Å². The standard InChI is InChI=1S/C15H20N4O3S/c1-11(23(2,20)21)15-17-14(18-22-15)12-6-7-13(16-10-12)19-8-4-3-5-9-19/h6-7,10-11H,3-5,8-9H2,1-2H3/t11-/m1/s1. The van der Waals surface area contributed by atoms with Crippen LogP contribution >= 0.6 is 0 Å². The molecule has 0 aliphatic carbocycles. The average molecular weight is 336 g/mol. The van der Waals surface area contributed by atoms with Gasteiger partial charge in [0.25, 0.3) is 0 Å². The van der Waals surface area contributed by atoms with Gasteiger partial charge in [-0.05, 0) is 38.3 Å². The van der Waals surface area contributed by atoms with Crippen LogP contribution in [-0.4, -0.2) is 42.9 Å². The fourth-order valence-electron chi connectivity index (χ4n) is 2.53. The first-order chi connectivity index (χ1) is 10.9. The SMILES string of the molecule is C[C@H](c1nc(-c2ccc(N3CCCCC3)nc2)no1)S(C)(=O)=O. The molecule has 124 valence electrons. The molecule has 2 aromatic heterocycles. The van der Waals surface area contributed by atoms with Gasteiger partial charge in [0.2, 0.25) is 11.7 Å². The fourth-order valence-corrected chi connectivity index (χ4v) is 2.99. The minimum Gasteiger partial charge on any atom is -0.357 e. The van der Waals surface area contributed by atoms with E-state index in [1.165, 1.54) is 26.2 Å². The summed E-state index contributed by atoms with van der Waals surface area (Å²) in [6.45, 7) is 3.60. The molecule has 1 aliphatic heterocycles. The summed E-state index contributed by atoms with van der Waals surface area (Å²) in [6, 6.07) is 3.83. The summed E-state index contributed by atoms with van der Waals surface area (Å²) >= 11 is 0. The second-order valence-corrected chi connectivity index (χ2v) is 8.25. The third-order valence-electron chi connectivity index (χ3n) is 4.12. The summed E-state index contributed by atoms with van der Waals surface area (Å²) in [5.41, 5.74) is 0.710. The summed E-state index contributed by atoms with van der Waals surface area (Å²) in [5.74, 6) is 1.40. The number of hydrogen-bond acceptors (Lipinski definition) is 7. The molecule has 0 spiro atoms. The van der Waals surface area contributed by atoms with E-state index >= 15 is 0 Å². The van der Waals surface area contributed by atoms with Crippen LogP contribution in [0.2, 0.25) is 0 Å². The van der Waals surface area contributed by atoms with E-state index in [2.05, 4.69) is 20.0 Å². The Morgan fingerprint density at radius 3 is 2.57 bits per heavy atom. The summed E-state index contributed by atoms with van der Waals surface area (Å²) in [5, 5.41) is 3.04. The maximum absolute atomic E-state index is 11.6. The van der Waals surface area contributed by atoms with E-state index in [0.29, 0.717) is 11.4 Å². The lowest BCUT2D eigenvalue weighted by Gasteiger charge is -2.27. The number of hydrogen-bond donors (Lipinski definition) is 0. The highest BCUT2D eigenvalue weighted by molar-refractivity contribution is 7.90. The molecule has 2 aromatic rings. The van der Waals surface area contributed by atoms with Gasteiger partial charge >= 0.3 is 0 Å². The molecule has 0 aromatic carbocycles. The molecule has 23 heavy (non-hydrogen) atoms. The van der Waals surface area contributed by atoms with Crippen LogP contribution in [0.1, 0.15) is 37.3 Å². The molecule has 1 fully saturated rings. The van der Waals surface area contributed by atoms with Gasteiger partial charge in [-0.2, -0.15) is 4.98 Å². The molecule has 0 unspecified atom stereocenters. The molecular weight excluding hydrogens is 316 g/mol. The summed E-state index contributed by atoms with van der Waals surface area (Å²) in [6.07, 6.45) is 6.51. The van der Waals surface area contributed by atoms with E-state index in [9.17, 15) is 8.42 Å². The van der Waals surface area contributed by atoms with Gasteiger partial charge in [-0.3, -0.25) is 0 Å². The quantitative estimate of drug-likeness (QED) is 0.845. The predicted octanol–water partition coefficient (Wildman–Crippen LogP) is 2.23. The zero-order valence-corrected chi connectivity index (χ0v) is 14.1. The highest BCUT2D eigenvalue weighted by atomic mass is 32.2. The number of sulfone groups is 1. The monoisotopic (exact) mass is 336 g/mol. The van der Waals surface area contributed by atoms with Gasteiger partial charge in [-0.1, -0.05) is 5.16 Å².